The van der Waals surface area contributed by atoms with E-state index in [2.05, 4.69) is 0 Å². The Hall–Kier alpha value is -0.700. The number of carbonyl (C=O) groups excluding carboxylic acids is 1. The van der Waals surface area contributed by atoms with Crippen LogP contribution >= 0.6 is 0 Å². The summed E-state index contributed by atoms with van der Waals surface area (Å²) >= 11 is 0. The molecule has 104 valence electrons. The zero-order chi connectivity index (χ0) is 13.3. The molecule has 0 bridgehead atoms. The van der Waals surface area contributed by atoms with E-state index in [0.29, 0.717) is 19.0 Å². The van der Waals surface area contributed by atoms with Gasteiger partial charge in [-0.3, -0.25) is 4.79 Å². The lowest BCUT2D eigenvalue weighted by molar-refractivity contribution is -0.132. The molecule has 2 unspecified atom stereocenters. The maximum Gasteiger partial charge on any atom is 0.282 e. The molecule has 0 saturated carbocycles. The molecule has 2 aliphatic rings. The Bertz CT molecular complexity index is 425. The Morgan fingerprint density at radius 2 is 1.94 bits per heavy atom. The number of rotatable bonds is 3. The second kappa shape index (κ2) is 5.12. The molecule has 2 saturated heterocycles. The molecule has 1 amide bonds. The third-order valence-electron chi connectivity index (χ3n) is 3.39. The molecule has 7 nitrogen and oxygen atoms in total. The van der Waals surface area contributed by atoms with Gasteiger partial charge in [-0.05, 0) is 12.3 Å². The molecule has 2 atom stereocenters. The standard InChI is InChI=1S/C10H19N3O4S/c1-8-2-3-12(6-8)18(15,16)13-4-5-17-9(7-13)10(11)14/h8-9H,2-7H2,1H3,(H2,11,14). The molecule has 8 heteroatoms. The van der Waals surface area contributed by atoms with E-state index < -0.39 is 22.2 Å². The highest BCUT2D eigenvalue weighted by molar-refractivity contribution is 7.86. The summed E-state index contributed by atoms with van der Waals surface area (Å²) in [5, 5.41) is 0. The summed E-state index contributed by atoms with van der Waals surface area (Å²) in [6.45, 7) is 3.61. The predicted octanol–water partition coefficient (Wildman–Crippen LogP) is -1.24. The van der Waals surface area contributed by atoms with Gasteiger partial charge in [-0.1, -0.05) is 6.92 Å². The number of morpholine rings is 1. The van der Waals surface area contributed by atoms with E-state index >= 15 is 0 Å². The quantitative estimate of drug-likeness (QED) is 0.698. The highest BCUT2D eigenvalue weighted by Crippen LogP contribution is 2.22. The van der Waals surface area contributed by atoms with Gasteiger partial charge in [0.25, 0.3) is 10.2 Å². The van der Waals surface area contributed by atoms with Crippen LogP contribution < -0.4 is 5.73 Å². The van der Waals surface area contributed by atoms with Gasteiger partial charge in [0.1, 0.15) is 6.10 Å². The van der Waals surface area contributed by atoms with Crippen molar-refractivity contribution < 1.29 is 17.9 Å². The number of hydrogen-bond donors (Lipinski definition) is 1. The van der Waals surface area contributed by atoms with Gasteiger partial charge in [-0.2, -0.15) is 17.0 Å². The summed E-state index contributed by atoms with van der Waals surface area (Å²) in [4.78, 5) is 11.1. The predicted molar refractivity (Wildman–Crippen MR) is 64.8 cm³/mol. The molecule has 0 aromatic rings. The van der Waals surface area contributed by atoms with E-state index in [1.165, 1.54) is 8.61 Å². The lowest BCUT2D eigenvalue weighted by atomic mass is 10.2. The Morgan fingerprint density at radius 1 is 1.28 bits per heavy atom. The molecular weight excluding hydrogens is 258 g/mol. The van der Waals surface area contributed by atoms with Crippen molar-refractivity contribution in [3.05, 3.63) is 0 Å². The number of amides is 1. The van der Waals surface area contributed by atoms with Gasteiger partial charge >= 0.3 is 0 Å². The monoisotopic (exact) mass is 277 g/mol. The van der Waals surface area contributed by atoms with Crippen LogP contribution in [-0.4, -0.2) is 61.8 Å². The highest BCUT2D eigenvalue weighted by atomic mass is 32.2. The van der Waals surface area contributed by atoms with Gasteiger partial charge < -0.3 is 10.5 Å². The second-order valence-electron chi connectivity index (χ2n) is 4.88. The Morgan fingerprint density at radius 3 is 2.50 bits per heavy atom. The molecule has 0 aromatic carbocycles. The van der Waals surface area contributed by atoms with Gasteiger partial charge in [-0.25, -0.2) is 0 Å². The Balaban J connectivity index is 2.07. The van der Waals surface area contributed by atoms with E-state index in [0.717, 1.165) is 6.42 Å². The third-order valence-corrected chi connectivity index (χ3v) is 5.35. The minimum absolute atomic E-state index is 0.0164. The molecule has 2 rings (SSSR count). The average molecular weight is 277 g/mol. The van der Waals surface area contributed by atoms with Crippen LogP contribution in [-0.2, 0) is 19.7 Å². The molecule has 0 spiro atoms. The Labute approximate surface area is 107 Å². The fourth-order valence-electron chi connectivity index (χ4n) is 2.27. The van der Waals surface area contributed by atoms with Crippen LogP contribution in [0.5, 0.6) is 0 Å². The average Bonchev–Trinajstić information content (AvgIpc) is 2.77. The van der Waals surface area contributed by atoms with E-state index in [9.17, 15) is 13.2 Å². The van der Waals surface area contributed by atoms with Crippen molar-refractivity contribution in [1.29, 1.82) is 0 Å². The fourth-order valence-corrected chi connectivity index (χ4v) is 4.01. The second-order valence-corrected chi connectivity index (χ2v) is 6.81. The first kappa shape index (κ1) is 13.7. The maximum absolute atomic E-state index is 12.3. The van der Waals surface area contributed by atoms with Gasteiger partial charge in [0.15, 0.2) is 0 Å². The minimum Gasteiger partial charge on any atom is -0.367 e. The summed E-state index contributed by atoms with van der Waals surface area (Å²) in [7, 11) is -3.48. The normalized spacial score (nSPS) is 31.6. The first-order valence-electron chi connectivity index (χ1n) is 6.07. The van der Waals surface area contributed by atoms with Gasteiger partial charge in [0.05, 0.1) is 13.2 Å². The van der Waals surface area contributed by atoms with Crippen LogP contribution in [0.2, 0.25) is 0 Å². The molecule has 0 aromatic heterocycles. The molecule has 0 radical (unpaired) electrons. The van der Waals surface area contributed by atoms with Crippen molar-refractivity contribution in [2.75, 3.05) is 32.8 Å². The van der Waals surface area contributed by atoms with Crippen LogP contribution in [0.25, 0.3) is 0 Å². The summed E-state index contributed by atoms with van der Waals surface area (Å²) in [6, 6.07) is 0. The summed E-state index contributed by atoms with van der Waals surface area (Å²) in [6.07, 6.45) is 0.0385. The van der Waals surface area contributed by atoms with Crippen molar-refractivity contribution >= 4 is 16.1 Å². The van der Waals surface area contributed by atoms with Crippen LogP contribution in [0.3, 0.4) is 0 Å². The van der Waals surface area contributed by atoms with Crippen molar-refractivity contribution in [3.63, 3.8) is 0 Å². The van der Waals surface area contributed by atoms with Gasteiger partial charge in [-0.15, -0.1) is 0 Å². The maximum atomic E-state index is 12.3. The number of nitrogens with zero attached hydrogens (tertiary/aromatic N) is 2. The topological polar surface area (TPSA) is 92.9 Å². The third kappa shape index (κ3) is 2.66. The van der Waals surface area contributed by atoms with E-state index in [4.69, 9.17) is 10.5 Å². The molecule has 18 heavy (non-hydrogen) atoms. The van der Waals surface area contributed by atoms with Crippen molar-refractivity contribution in [1.82, 2.24) is 8.61 Å². The molecule has 2 fully saturated rings. The molecule has 2 aliphatic heterocycles. The molecule has 2 N–H and O–H groups in total. The lowest BCUT2D eigenvalue weighted by Crippen LogP contribution is -2.53. The molecule has 0 aliphatic carbocycles. The first-order valence-corrected chi connectivity index (χ1v) is 7.47. The number of primary amides is 1. The number of hydrogen-bond acceptors (Lipinski definition) is 4. The van der Waals surface area contributed by atoms with Gasteiger partial charge in [0.2, 0.25) is 5.91 Å². The molecular formula is C10H19N3O4S. The van der Waals surface area contributed by atoms with Crippen LogP contribution in [0.15, 0.2) is 0 Å². The van der Waals surface area contributed by atoms with Crippen LogP contribution in [0.1, 0.15) is 13.3 Å². The fraction of sp³-hybridized carbons (Fsp3) is 0.900. The van der Waals surface area contributed by atoms with Gasteiger partial charge in [0, 0.05) is 19.6 Å². The number of carbonyl (C=O) groups is 1. The highest BCUT2D eigenvalue weighted by Gasteiger charge is 2.38. The summed E-state index contributed by atoms with van der Waals surface area (Å²) < 4.78 is 32.6. The minimum atomic E-state index is -3.48. The van der Waals surface area contributed by atoms with Crippen LogP contribution in [0.4, 0.5) is 0 Å². The summed E-state index contributed by atoms with van der Waals surface area (Å²) in [5.41, 5.74) is 5.15. The SMILES string of the molecule is CC1CCN(S(=O)(=O)N2CCOC(C(N)=O)C2)C1. The van der Waals surface area contributed by atoms with Crippen molar-refractivity contribution in [2.24, 2.45) is 11.7 Å². The lowest BCUT2D eigenvalue weighted by Gasteiger charge is -2.33. The van der Waals surface area contributed by atoms with E-state index in [1.54, 1.807) is 0 Å². The Kier molecular flexibility index (Phi) is 3.90. The zero-order valence-electron chi connectivity index (χ0n) is 10.4. The van der Waals surface area contributed by atoms with Crippen molar-refractivity contribution in [3.8, 4) is 0 Å². The number of ether oxygens (including phenoxy) is 1. The smallest absolute Gasteiger partial charge is 0.282 e. The zero-order valence-corrected chi connectivity index (χ0v) is 11.2. The largest absolute Gasteiger partial charge is 0.367 e. The van der Waals surface area contributed by atoms with E-state index in [1.807, 2.05) is 6.92 Å². The number of nitrogens with two attached hydrogens (primary N) is 1. The van der Waals surface area contributed by atoms with E-state index in [-0.39, 0.29) is 19.7 Å². The van der Waals surface area contributed by atoms with Crippen LogP contribution in [0, 0.1) is 5.92 Å². The summed E-state index contributed by atoms with van der Waals surface area (Å²) in [5.74, 6) is -0.238. The van der Waals surface area contributed by atoms with Crippen molar-refractivity contribution in [2.45, 2.75) is 19.4 Å². The molecule has 2 heterocycles. The first-order chi connectivity index (χ1) is 8.41.